The fraction of sp³-hybridized carbons (Fsp3) is 0.316. The van der Waals surface area contributed by atoms with Gasteiger partial charge in [0.15, 0.2) is 0 Å². The van der Waals surface area contributed by atoms with Crippen LogP contribution in [0.1, 0.15) is 12.5 Å². The molecule has 0 unspecified atom stereocenters. The van der Waals surface area contributed by atoms with Crippen molar-refractivity contribution in [1.29, 1.82) is 0 Å². The number of ether oxygens (including phenoxy) is 1. The van der Waals surface area contributed by atoms with Crippen LogP contribution in [0.15, 0.2) is 36.9 Å². The third kappa shape index (κ3) is 3.37. The topological polar surface area (TPSA) is 41.2 Å². The molecule has 4 nitrogen and oxygen atoms in total. The molecule has 0 atom stereocenters. The zero-order valence-corrected chi connectivity index (χ0v) is 13.8. The van der Waals surface area contributed by atoms with Crippen molar-refractivity contribution in [2.45, 2.75) is 13.8 Å². The summed E-state index contributed by atoms with van der Waals surface area (Å²) in [4.78, 5) is 10.6. The summed E-state index contributed by atoms with van der Waals surface area (Å²) in [6.45, 7) is 11.4. The molecule has 3 rings (SSSR count). The van der Waals surface area contributed by atoms with Gasteiger partial charge in [-0.1, -0.05) is 42.5 Å². The van der Waals surface area contributed by atoms with E-state index in [0.717, 1.165) is 48.4 Å². The molecule has 23 heavy (non-hydrogen) atoms. The molecule has 4 heteroatoms. The Balaban J connectivity index is 2.10. The van der Waals surface area contributed by atoms with E-state index in [0.29, 0.717) is 0 Å². The number of hydrogen-bond acceptors (Lipinski definition) is 3. The molecule has 0 radical (unpaired) electrons. The number of morpholine rings is 1. The van der Waals surface area contributed by atoms with Crippen molar-refractivity contribution in [1.82, 2.24) is 14.9 Å². The summed E-state index contributed by atoms with van der Waals surface area (Å²) in [5, 5.41) is 1.99. The first kappa shape index (κ1) is 15.6. The van der Waals surface area contributed by atoms with Crippen molar-refractivity contribution in [2.24, 2.45) is 0 Å². The molecule has 0 spiro atoms. The van der Waals surface area contributed by atoms with Gasteiger partial charge in [-0.3, -0.25) is 0 Å². The van der Waals surface area contributed by atoms with Gasteiger partial charge in [-0.15, -0.1) is 0 Å². The van der Waals surface area contributed by atoms with Crippen LogP contribution in [-0.4, -0.2) is 41.2 Å². The highest BCUT2D eigenvalue weighted by molar-refractivity contribution is 5.57. The highest BCUT2D eigenvalue weighted by Gasteiger charge is 2.13. The molecule has 1 aliphatic heterocycles. The predicted octanol–water partition coefficient (Wildman–Crippen LogP) is 1.81. The maximum absolute atomic E-state index is 5.44. The first-order valence-electron chi connectivity index (χ1n) is 7.98. The van der Waals surface area contributed by atoms with E-state index in [-0.39, 0.29) is 0 Å². The van der Waals surface area contributed by atoms with Gasteiger partial charge in [-0.05, 0) is 19.9 Å². The van der Waals surface area contributed by atoms with Gasteiger partial charge >= 0.3 is 0 Å². The predicted molar refractivity (Wildman–Crippen MR) is 94.1 cm³/mol. The second-order valence-corrected chi connectivity index (χ2v) is 5.80. The fourth-order valence-corrected chi connectivity index (χ4v) is 2.80. The van der Waals surface area contributed by atoms with Crippen LogP contribution >= 0.6 is 0 Å². The van der Waals surface area contributed by atoms with Crippen molar-refractivity contribution in [2.75, 3.05) is 26.3 Å². The minimum Gasteiger partial charge on any atom is -0.378 e. The van der Waals surface area contributed by atoms with Gasteiger partial charge in [-0.2, -0.15) is 0 Å². The number of H-pyrrole nitrogens is 1. The lowest BCUT2D eigenvalue weighted by Gasteiger charge is -2.28. The van der Waals surface area contributed by atoms with Gasteiger partial charge in [0.25, 0.3) is 0 Å². The molecule has 1 aromatic carbocycles. The van der Waals surface area contributed by atoms with Crippen LogP contribution < -0.4 is 10.7 Å². The highest BCUT2D eigenvalue weighted by atomic mass is 16.5. The summed E-state index contributed by atoms with van der Waals surface area (Å²) in [5.41, 5.74) is 3.51. The van der Waals surface area contributed by atoms with Crippen LogP contribution in [0.3, 0.4) is 0 Å². The Bertz CT molecular complexity index is 796. The van der Waals surface area contributed by atoms with E-state index in [4.69, 9.17) is 9.72 Å². The molecule has 1 aliphatic rings. The fourth-order valence-electron chi connectivity index (χ4n) is 2.80. The number of allylic oxidation sites excluding steroid dienone is 1. The molecule has 1 fully saturated rings. The Morgan fingerprint density at radius 3 is 2.61 bits per heavy atom. The van der Waals surface area contributed by atoms with E-state index < -0.39 is 0 Å². The summed E-state index contributed by atoms with van der Waals surface area (Å²) in [5.74, 6) is 0.890. The maximum atomic E-state index is 5.44. The van der Waals surface area contributed by atoms with Gasteiger partial charge in [0, 0.05) is 24.4 Å². The highest BCUT2D eigenvalue weighted by Crippen LogP contribution is 2.13. The molecule has 0 saturated carbocycles. The Morgan fingerprint density at radius 2 is 1.96 bits per heavy atom. The van der Waals surface area contributed by atoms with Crippen molar-refractivity contribution in [3.05, 3.63) is 53.2 Å². The van der Waals surface area contributed by atoms with Crippen molar-refractivity contribution >= 4 is 11.8 Å². The molecule has 0 amide bonds. The summed E-state index contributed by atoms with van der Waals surface area (Å²) in [7, 11) is 0. The number of aromatic amines is 1. The molecule has 2 aromatic rings. The Kier molecular flexibility index (Phi) is 4.63. The molecule has 1 saturated heterocycles. The molecule has 1 aromatic heterocycles. The van der Waals surface area contributed by atoms with Gasteiger partial charge in [-0.25, -0.2) is 4.98 Å². The Morgan fingerprint density at radius 1 is 1.26 bits per heavy atom. The number of hydrogen-bond donors (Lipinski definition) is 1. The lowest BCUT2D eigenvalue weighted by molar-refractivity contribution is 0.0629. The first-order chi connectivity index (χ1) is 11.2. The zero-order chi connectivity index (χ0) is 16.2. The monoisotopic (exact) mass is 309 g/mol. The Labute approximate surface area is 136 Å². The largest absolute Gasteiger partial charge is 0.378 e. The van der Waals surface area contributed by atoms with E-state index in [1.807, 2.05) is 6.08 Å². The van der Waals surface area contributed by atoms with E-state index >= 15 is 0 Å². The van der Waals surface area contributed by atoms with E-state index in [9.17, 15) is 0 Å². The van der Waals surface area contributed by atoms with E-state index in [1.54, 1.807) is 6.08 Å². The van der Waals surface area contributed by atoms with Crippen LogP contribution in [-0.2, 0) is 4.74 Å². The van der Waals surface area contributed by atoms with Crippen LogP contribution in [0.5, 0.6) is 0 Å². The van der Waals surface area contributed by atoms with Crippen molar-refractivity contribution < 1.29 is 4.74 Å². The average Bonchev–Trinajstić information content (AvgIpc) is 3.00. The lowest BCUT2D eigenvalue weighted by Crippen LogP contribution is -2.40. The quantitative estimate of drug-likeness (QED) is 0.940. The van der Waals surface area contributed by atoms with Gasteiger partial charge in [0.05, 0.1) is 18.6 Å². The smallest absolute Gasteiger partial charge is 0.138 e. The number of nitrogens with one attached hydrogen (secondary N) is 1. The third-order valence-electron chi connectivity index (χ3n) is 4.17. The number of benzene rings is 1. The molecule has 2 heterocycles. The average molecular weight is 309 g/mol. The molecule has 0 aliphatic carbocycles. The first-order valence-corrected chi connectivity index (χ1v) is 7.98. The maximum Gasteiger partial charge on any atom is 0.138 e. The molecule has 0 bridgehead atoms. The number of aryl methyl sites for hydroxylation is 1. The lowest BCUT2D eigenvalue weighted by atomic mass is 10.1. The second kappa shape index (κ2) is 6.84. The molecular formula is C19H23N3O. The number of nitrogens with zero attached hydrogens (tertiary/aromatic N) is 2. The number of rotatable bonds is 3. The summed E-state index contributed by atoms with van der Waals surface area (Å²) in [6.07, 6.45) is 3.77. The minimum absolute atomic E-state index is 0.771. The molecule has 120 valence electrons. The minimum atomic E-state index is 0.771. The van der Waals surface area contributed by atoms with Gasteiger partial charge in [0.2, 0.25) is 0 Å². The number of imidazole rings is 1. The van der Waals surface area contributed by atoms with Crippen molar-refractivity contribution in [3.63, 3.8) is 0 Å². The van der Waals surface area contributed by atoms with Crippen molar-refractivity contribution in [3.8, 4) is 11.4 Å². The molecular weight excluding hydrogens is 286 g/mol. The summed E-state index contributed by atoms with van der Waals surface area (Å²) in [6, 6.07) is 8.40. The number of aromatic nitrogens is 2. The van der Waals surface area contributed by atoms with Crippen LogP contribution in [0.4, 0.5) is 0 Å². The normalized spacial score (nSPS) is 17.3. The van der Waals surface area contributed by atoms with Crippen LogP contribution in [0.25, 0.3) is 23.2 Å². The van der Waals surface area contributed by atoms with E-state index in [1.165, 1.54) is 11.3 Å². The standard InChI is InChI=1S/C19H23N3O/c1-4-5-17-18(15(3)22-10-12-23-13-11-22)21-19(20-17)16-8-6-14(2)7-9-16/h4-9H,1,10-13H2,2-3H3,(H,20,21)/b17-5+,18-15-. The van der Waals surface area contributed by atoms with E-state index in [2.05, 4.69) is 54.6 Å². The van der Waals surface area contributed by atoms with Gasteiger partial charge in [0.1, 0.15) is 11.2 Å². The summed E-state index contributed by atoms with van der Waals surface area (Å²) < 4.78 is 5.44. The second-order valence-electron chi connectivity index (χ2n) is 5.80. The summed E-state index contributed by atoms with van der Waals surface area (Å²) >= 11 is 0. The molecule has 1 N–H and O–H groups in total. The van der Waals surface area contributed by atoms with Crippen LogP contribution in [0, 0.1) is 6.92 Å². The zero-order valence-electron chi connectivity index (χ0n) is 13.8. The Hall–Kier alpha value is -2.33. The third-order valence-corrected chi connectivity index (χ3v) is 4.17. The van der Waals surface area contributed by atoms with Crippen LogP contribution in [0.2, 0.25) is 0 Å². The SMILES string of the molecule is C=C/C=c1/[nH]c(-c2ccc(C)cc2)n/c1=C(/C)N1CCOCC1. The van der Waals surface area contributed by atoms with Gasteiger partial charge < -0.3 is 14.6 Å².